The van der Waals surface area contributed by atoms with Crippen LogP contribution in [0.1, 0.15) is 63.4 Å². The molecule has 0 radical (unpaired) electrons. The first kappa shape index (κ1) is 23.5. The summed E-state index contributed by atoms with van der Waals surface area (Å²) in [6, 6.07) is 5.84. The van der Waals surface area contributed by atoms with E-state index in [1.165, 1.54) is 32.1 Å². The Balaban J connectivity index is 1.15. The Kier molecular flexibility index (Phi) is 8.20. The fraction of sp³-hybridized carbons (Fsp3) is 0.640. The maximum atomic E-state index is 12.6. The van der Waals surface area contributed by atoms with Gasteiger partial charge in [-0.05, 0) is 56.2 Å². The molecule has 0 atom stereocenters. The number of aliphatic hydroxyl groups excluding tert-OH is 1. The molecular weight excluding hydrogens is 420 g/mol. The highest BCUT2D eigenvalue weighted by Gasteiger charge is 2.29. The first-order valence-electron chi connectivity index (χ1n) is 12.4. The first-order valence-corrected chi connectivity index (χ1v) is 12.4. The van der Waals surface area contributed by atoms with E-state index in [1.807, 2.05) is 28.0 Å². The minimum Gasteiger partial charge on any atom is -0.494 e. The standard InChI is InChI=1S/C25H36N4O4/c30-13-12-28(16-19-7-3-1-4-8-19)24(32)9-5-2-6-14-33-21-10-11-22-20(15-21)17-29-18-23(31)27-25(29)26-22/h10-11,15,19,30H,1-9,12-14,16-18H2,(H,26,27,31). The lowest BCUT2D eigenvalue weighted by Gasteiger charge is -2.29. The number of unbranched alkanes of at least 4 members (excludes halogenated alkanes) is 2. The number of aliphatic hydroxyl groups is 1. The summed E-state index contributed by atoms with van der Waals surface area (Å²) in [7, 11) is 0. The molecule has 33 heavy (non-hydrogen) atoms. The van der Waals surface area contributed by atoms with E-state index in [2.05, 4.69) is 10.3 Å². The Labute approximate surface area is 196 Å². The Morgan fingerprint density at radius 2 is 2.03 bits per heavy atom. The van der Waals surface area contributed by atoms with E-state index < -0.39 is 0 Å². The van der Waals surface area contributed by atoms with Crippen LogP contribution in [0.4, 0.5) is 5.69 Å². The topological polar surface area (TPSA) is 94.5 Å². The summed E-state index contributed by atoms with van der Waals surface area (Å²) in [5.74, 6) is 2.18. The fourth-order valence-electron chi connectivity index (χ4n) is 4.95. The number of rotatable bonds is 11. The van der Waals surface area contributed by atoms with Gasteiger partial charge in [-0.2, -0.15) is 0 Å². The van der Waals surface area contributed by atoms with Gasteiger partial charge in [0.1, 0.15) is 12.3 Å². The molecule has 2 aliphatic heterocycles. The van der Waals surface area contributed by atoms with Crippen LogP contribution >= 0.6 is 0 Å². The van der Waals surface area contributed by atoms with Crippen molar-refractivity contribution in [2.75, 3.05) is 32.8 Å². The van der Waals surface area contributed by atoms with Crippen molar-refractivity contribution in [1.82, 2.24) is 15.1 Å². The molecule has 8 nitrogen and oxygen atoms in total. The molecule has 0 unspecified atom stereocenters. The third-order valence-corrected chi connectivity index (χ3v) is 6.75. The normalized spacial score (nSPS) is 17.8. The number of fused-ring (bicyclic) bond motifs is 2. The Hall–Kier alpha value is -2.61. The highest BCUT2D eigenvalue weighted by atomic mass is 16.5. The molecule has 2 N–H and O–H groups in total. The summed E-state index contributed by atoms with van der Waals surface area (Å²) in [5.41, 5.74) is 1.93. The van der Waals surface area contributed by atoms with E-state index in [9.17, 15) is 14.7 Å². The van der Waals surface area contributed by atoms with Crippen LogP contribution < -0.4 is 10.1 Å². The predicted octanol–water partition coefficient (Wildman–Crippen LogP) is 2.96. The minimum atomic E-state index is -0.0232. The minimum absolute atomic E-state index is 0.0232. The van der Waals surface area contributed by atoms with Crippen molar-refractivity contribution in [2.24, 2.45) is 10.9 Å². The van der Waals surface area contributed by atoms with Crippen LogP contribution in [-0.4, -0.2) is 65.5 Å². The summed E-state index contributed by atoms with van der Waals surface area (Å²) >= 11 is 0. The zero-order chi connectivity index (χ0) is 23.0. The van der Waals surface area contributed by atoms with E-state index in [0.717, 1.165) is 42.8 Å². The van der Waals surface area contributed by atoms with Crippen LogP contribution in [0.15, 0.2) is 23.2 Å². The van der Waals surface area contributed by atoms with Gasteiger partial charge in [-0.3, -0.25) is 14.9 Å². The first-order chi connectivity index (χ1) is 16.1. The summed E-state index contributed by atoms with van der Waals surface area (Å²) in [6.45, 7) is 2.88. The summed E-state index contributed by atoms with van der Waals surface area (Å²) < 4.78 is 5.92. The zero-order valence-corrected chi connectivity index (χ0v) is 19.4. The number of ether oxygens (including phenoxy) is 1. The molecule has 1 aromatic rings. The lowest BCUT2D eigenvalue weighted by Crippen LogP contribution is -2.37. The summed E-state index contributed by atoms with van der Waals surface area (Å²) in [6.07, 6.45) is 9.44. The highest BCUT2D eigenvalue weighted by molar-refractivity contribution is 6.05. The molecule has 0 spiro atoms. The number of nitrogens with one attached hydrogen (secondary N) is 1. The maximum absolute atomic E-state index is 12.6. The van der Waals surface area contributed by atoms with Crippen LogP contribution in [0.3, 0.4) is 0 Å². The third-order valence-electron chi connectivity index (χ3n) is 6.75. The van der Waals surface area contributed by atoms with Crippen molar-refractivity contribution >= 4 is 23.5 Å². The molecule has 1 saturated carbocycles. The van der Waals surface area contributed by atoms with E-state index in [-0.39, 0.29) is 18.4 Å². The number of carbonyl (C=O) groups excluding carboxylic acids is 2. The smallest absolute Gasteiger partial charge is 0.246 e. The van der Waals surface area contributed by atoms with Gasteiger partial charge in [0.25, 0.3) is 0 Å². The van der Waals surface area contributed by atoms with Crippen molar-refractivity contribution in [3.63, 3.8) is 0 Å². The van der Waals surface area contributed by atoms with Crippen molar-refractivity contribution in [3.8, 4) is 5.75 Å². The number of guanidine groups is 1. The van der Waals surface area contributed by atoms with Gasteiger partial charge in [0.15, 0.2) is 0 Å². The molecule has 1 saturated heterocycles. The zero-order valence-electron chi connectivity index (χ0n) is 19.4. The lowest BCUT2D eigenvalue weighted by molar-refractivity contribution is -0.132. The molecule has 2 amide bonds. The Morgan fingerprint density at radius 1 is 1.18 bits per heavy atom. The van der Waals surface area contributed by atoms with Gasteiger partial charge >= 0.3 is 0 Å². The molecular formula is C25H36N4O4. The van der Waals surface area contributed by atoms with Gasteiger partial charge in [0, 0.05) is 31.6 Å². The van der Waals surface area contributed by atoms with Crippen LogP contribution in [0.2, 0.25) is 0 Å². The van der Waals surface area contributed by atoms with Crippen LogP contribution in [-0.2, 0) is 16.1 Å². The quantitative estimate of drug-likeness (QED) is 0.499. The molecule has 1 aliphatic carbocycles. The number of hydrogen-bond acceptors (Lipinski definition) is 6. The number of benzene rings is 1. The summed E-state index contributed by atoms with van der Waals surface area (Å²) in [5, 5.41) is 12.1. The van der Waals surface area contributed by atoms with E-state index in [1.54, 1.807) is 0 Å². The van der Waals surface area contributed by atoms with E-state index in [0.29, 0.717) is 44.5 Å². The third kappa shape index (κ3) is 6.47. The predicted molar refractivity (Wildman–Crippen MR) is 126 cm³/mol. The molecule has 0 aromatic heterocycles. The fourth-order valence-corrected chi connectivity index (χ4v) is 4.95. The molecule has 180 valence electrons. The van der Waals surface area contributed by atoms with Crippen molar-refractivity contribution in [1.29, 1.82) is 0 Å². The number of hydrogen-bond donors (Lipinski definition) is 2. The molecule has 2 heterocycles. The van der Waals surface area contributed by atoms with Gasteiger partial charge in [-0.1, -0.05) is 19.3 Å². The summed E-state index contributed by atoms with van der Waals surface area (Å²) in [4.78, 5) is 32.5. The van der Waals surface area contributed by atoms with Gasteiger partial charge in [-0.25, -0.2) is 4.99 Å². The van der Waals surface area contributed by atoms with Crippen LogP contribution in [0.25, 0.3) is 0 Å². The SMILES string of the molecule is O=C1CN2Cc3cc(OCCCCCC(=O)N(CCO)CC4CCCCC4)ccc3N=C2N1. The number of carbonyl (C=O) groups is 2. The van der Waals surface area contributed by atoms with Crippen molar-refractivity contribution in [3.05, 3.63) is 23.8 Å². The highest BCUT2D eigenvalue weighted by Crippen LogP contribution is 2.30. The monoisotopic (exact) mass is 456 g/mol. The molecule has 4 rings (SSSR count). The van der Waals surface area contributed by atoms with Gasteiger partial charge in [0.05, 0.1) is 18.9 Å². The van der Waals surface area contributed by atoms with E-state index >= 15 is 0 Å². The number of amides is 2. The lowest BCUT2D eigenvalue weighted by atomic mass is 9.89. The second kappa shape index (κ2) is 11.5. The Bertz CT molecular complexity index is 866. The number of aliphatic imine (C=N–C) groups is 1. The molecule has 8 heteroatoms. The van der Waals surface area contributed by atoms with Crippen LogP contribution in [0.5, 0.6) is 5.75 Å². The molecule has 1 aromatic carbocycles. The number of nitrogens with zero attached hydrogens (tertiary/aromatic N) is 3. The second-order valence-corrected chi connectivity index (χ2v) is 9.36. The molecule has 2 fully saturated rings. The maximum Gasteiger partial charge on any atom is 0.246 e. The average Bonchev–Trinajstić information content (AvgIpc) is 3.18. The molecule has 0 bridgehead atoms. The Morgan fingerprint density at radius 3 is 2.85 bits per heavy atom. The van der Waals surface area contributed by atoms with Crippen LogP contribution in [0, 0.1) is 5.92 Å². The second-order valence-electron chi connectivity index (χ2n) is 9.36. The van der Waals surface area contributed by atoms with Crippen molar-refractivity contribution < 1.29 is 19.4 Å². The van der Waals surface area contributed by atoms with Crippen molar-refractivity contribution in [2.45, 2.75) is 64.3 Å². The average molecular weight is 457 g/mol. The van der Waals surface area contributed by atoms with E-state index in [4.69, 9.17) is 4.74 Å². The largest absolute Gasteiger partial charge is 0.494 e. The van der Waals surface area contributed by atoms with Gasteiger partial charge < -0.3 is 19.6 Å². The van der Waals surface area contributed by atoms with Gasteiger partial charge in [-0.15, -0.1) is 0 Å². The molecule has 3 aliphatic rings. The van der Waals surface area contributed by atoms with Gasteiger partial charge in [0.2, 0.25) is 17.8 Å².